The lowest BCUT2D eigenvalue weighted by Gasteiger charge is -2.51. The Bertz CT molecular complexity index is 2370. The Balaban J connectivity index is 1.32. The molecule has 16 heteroatoms. The van der Waals surface area contributed by atoms with E-state index in [1.807, 2.05) is 19.1 Å². The minimum atomic E-state index is -4.84. The van der Waals surface area contributed by atoms with E-state index in [1.54, 1.807) is 48.5 Å². The number of alkyl halides is 3. The summed E-state index contributed by atoms with van der Waals surface area (Å²) in [4.78, 5) is 63.2. The van der Waals surface area contributed by atoms with Crippen molar-refractivity contribution in [3.63, 3.8) is 0 Å². The number of fused-ring (bicyclic) bond motifs is 4. The highest BCUT2D eigenvalue weighted by Crippen LogP contribution is 2.66. The van der Waals surface area contributed by atoms with E-state index >= 15 is 4.79 Å². The molecule has 58 heavy (non-hydrogen) atoms. The largest absolute Gasteiger partial charge is 0.508 e. The van der Waals surface area contributed by atoms with Crippen LogP contribution in [0.2, 0.25) is 5.02 Å². The van der Waals surface area contributed by atoms with Crippen molar-refractivity contribution in [1.82, 2.24) is 15.0 Å². The molecule has 3 aromatic carbocycles. The van der Waals surface area contributed by atoms with E-state index in [9.17, 15) is 32.7 Å². The predicted octanol–water partition coefficient (Wildman–Crippen LogP) is 6.82. The van der Waals surface area contributed by atoms with Crippen LogP contribution in [0.15, 0.2) is 90.5 Å². The van der Waals surface area contributed by atoms with Gasteiger partial charge in [-0.1, -0.05) is 71.3 Å². The molecule has 8 rings (SSSR count). The maximum atomic E-state index is 15.5. The molecule has 2 aliphatic heterocycles. The van der Waals surface area contributed by atoms with Crippen molar-refractivity contribution < 1.29 is 46.9 Å². The molecule has 6 unspecified atom stereocenters. The highest BCUT2D eigenvalue weighted by Gasteiger charge is 2.71. The van der Waals surface area contributed by atoms with Crippen LogP contribution in [-0.4, -0.2) is 65.0 Å². The van der Waals surface area contributed by atoms with Crippen molar-refractivity contribution in [2.75, 3.05) is 31.7 Å². The number of nitrogens with zero attached hydrogens (tertiary/aromatic N) is 4. The van der Waals surface area contributed by atoms with Crippen LogP contribution < -0.4 is 19.9 Å². The molecule has 4 amide bonds. The minimum absolute atomic E-state index is 0.0113. The topological polar surface area (TPSA) is 142 Å². The average molecular weight is 816 g/mol. The number of aromatic hydroxyl groups is 1. The molecule has 0 bridgehead atoms. The number of phenolic OH excluding ortho intramolecular Hbond substituents is 1. The molecule has 1 aromatic heterocycles. The summed E-state index contributed by atoms with van der Waals surface area (Å²) in [6.45, 7) is 1.90. The molecule has 4 aliphatic rings. The number of amides is 4. The zero-order valence-electron chi connectivity index (χ0n) is 31.6. The normalized spacial score (nSPS) is 25.2. The number of carbonyl (C=O) groups excluding carboxylic acids is 4. The summed E-state index contributed by atoms with van der Waals surface area (Å²) in [6.07, 6.45) is -3.08. The molecule has 2 saturated heterocycles. The van der Waals surface area contributed by atoms with E-state index in [-0.39, 0.29) is 35.1 Å². The third-order valence-corrected chi connectivity index (χ3v) is 12.2. The number of imide groups is 2. The number of nitrogens with one attached hydrogen (secondary N) is 1. The van der Waals surface area contributed by atoms with E-state index < -0.39 is 76.3 Å². The van der Waals surface area contributed by atoms with E-state index in [2.05, 4.69) is 10.4 Å². The lowest BCUT2D eigenvalue weighted by atomic mass is 9.49. The number of hydrogen-bond donors (Lipinski definition) is 2. The minimum Gasteiger partial charge on any atom is -0.508 e. The zero-order chi connectivity index (χ0) is 41.4. The smallest absolute Gasteiger partial charge is 0.433 e. The fourth-order valence-electron chi connectivity index (χ4n) is 9.46. The molecular weight excluding hydrogens is 779 g/mol. The Morgan fingerprint density at radius 1 is 0.914 bits per heavy atom. The van der Waals surface area contributed by atoms with Gasteiger partial charge in [-0.05, 0) is 55.5 Å². The predicted molar refractivity (Wildman–Crippen MR) is 205 cm³/mol. The third-order valence-electron chi connectivity index (χ3n) is 11.9. The first-order chi connectivity index (χ1) is 27.6. The molecular formula is C42H37ClF3N5O7. The summed E-state index contributed by atoms with van der Waals surface area (Å²) in [5, 5.41) is 13.2. The van der Waals surface area contributed by atoms with Crippen molar-refractivity contribution in [3.8, 4) is 17.2 Å². The van der Waals surface area contributed by atoms with Crippen molar-refractivity contribution in [2.24, 2.45) is 23.7 Å². The van der Waals surface area contributed by atoms with Crippen LogP contribution in [0.4, 0.5) is 24.7 Å². The number of hydrazine groups is 2. The second kappa shape index (κ2) is 14.1. The first-order valence-electron chi connectivity index (χ1n) is 18.4. The van der Waals surface area contributed by atoms with Gasteiger partial charge in [-0.15, -0.1) is 0 Å². The van der Waals surface area contributed by atoms with Crippen LogP contribution in [0.25, 0.3) is 0 Å². The lowest BCUT2D eigenvalue weighted by Crippen LogP contribution is -2.53. The number of methoxy groups -OCH3 is 2. The van der Waals surface area contributed by atoms with Gasteiger partial charge in [0.2, 0.25) is 0 Å². The summed E-state index contributed by atoms with van der Waals surface area (Å²) >= 11 is 6.32. The van der Waals surface area contributed by atoms with Gasteiger partial charge in [-0.3, -0.25) is 29.6 Å². The number of ether oxygens (including phenoxy) is 2. The van der Waals surface area contributed by atoms with Gasteiger partial charge in [0.15, 0.2) is 5.82 Å². The van der Waals surface area contributed by atoms with Gasteiger partial charge < -0.3 is 14.6 Å². The third kappa shape index (κ3) is 5.77. The Morgan fingerprint density at radius 2 is 1.57 bits per heavy atom. The molecule has 6 atom stereocenters. The summed E-state index contributed by atoms with van der Waals surface area (Å²) in [5.74, 6) is -8.07. The van der Waals surface area contributed by atoms with Crippen LogP contribution in [-0.2, 0) is 30.8 Å². The first-order valence-corrected chi connectivity index (χ1v) is 18.8. The lowest BCUT2D eigenvalue weighted by molar-refractivity contribution is -0.142. The molecule has 3 fully saturated rings. The number of carbonyl (C=O) groups is 4. The van der Waals surface area contributed by atoms with E-state index in [0.29, 0.717) is 28.5 Å². The maximum absolute atomic E-state index is 15.5. The number of aromatic nitrogens is 1. The van der Waals surface area contributed by atoms with Crippen molar-refractivity contribution >= 4 is 46.7 Å². The van der Waals surface area contributed by atoms with Gasteiger partial charge in [0.1, 0.15) is 22.9 Å². The average Bonchev–Trinajstić information content (AvgIpc) is 3.58. The number of benzene rings is 3. The molecule has 300 valence electrons. The molecule has 1 saturated carbocycles. The molecule has 2 N–H and O–H groups in total. The number of rotatable bonds is 8. The fourth-order valence-corrected chi connectivity index (χ4v) is 9.69. The maximum Gasteiger partial charge on any atom is 0.433 e. The monoisotopic (exact) mass is 815 g/mol. The summed E-state index contributed by atoms with van der Waals surface area (Å²) in [5.41, 5.74) is 2.90. The van der Waals surface area contributed by atoms with Crippen molar-refractivity contribution in [1.29, 1.82) is 0 Å². The Kier molecular flexibility index (Phi) is 9.41. The van der Waals surface area contributed by atoms with E-state index in [1.165, 1.54) is 33.4 Å². The van der Waals surface area contributed by atoms with Gasteiger partial charge in [0.25, 0.3) is 23.6 Å². The molecule has 3 heterocycles. The summed E-state index contributed by atoms with van der Waals surface area (Å²) in [7, 11) is 4.02. The summed E-state index contributed by atoms with van der Waals surface area (Å²) < 4.78 is 53.0. The SMILES string of the molecule is COc1cc(O)cc(OC)c1C1C2=CCC3C(=O)N(N(C)c4nc(C(F)(F)F)ccc4Cl)C(=O)C3C2CC2C(=O)N(Nc3ccc(C)cc3)C(=O)C21c1ccccc1. The zero-order valence-corrected chi connectivity index (χ0v) is 32.3. The molecule has 0 radical (unpaired) electrons. The van der Waals surface area contributed by atoms with Crippen LogP contribution in [0, 0.1) is 30.6 Å². The Hall–Kier alpha value is -6.09. The molecule has 0 spiro atoms. The Labute approximate surface area is 335 Å². The molecule has 12 nitrogen and oxygen atoms in total. The van der Waals surface area contributed by atoms with E-state index in [0.717, 1.165) is 26.7 Å². The Morgan fingerprint density at radius 3 is 2.19 bits per heavy atom. The fraction of sp³-hybridized carbons (Fsp3) is 0.310. The van der Waals surface area contributed by atoms with Gasteiger partial charge in [-0.25, -0.2) is 4.98 Å². The van der Waals surface area contributed by atoms with Gasteiger partial charge >= 0.3 is 6.18 Å². The quantitative estimate of drug-likeness (QED) is 0.144. The van der Waals surface area contributed by atoms with Crippen LogP contribution >= 0.6 is 11.6 Å². The van der Waals surface area contributed by atoms with Gasteiger partial charge in [0, 0.05) is 30.7 Å². The van der Waals surface area contributed by atoms with Crippen molar-refractivity contribution in [3.05, 3.63) is 118 Å². The second-order valence-corrected chi connectivity index (χ2v) is 15.3. The molecule has 4 aromatic rings. The highest BCUT2D eigenvalue weighted by atomic mass is 35.5. The van der Waals surface area contributed by atoms with Crippen molar-refractivity contribution in [2.45, 2.75) is 37.3 Å². The first kappa shape index (κ1) is 38.8. The van der Waals surface area contributed by atoms with Gasteiger partial charge in [0.05, 0.1) is 48.1 Å². The van der Waals surface area contributed by atoms with Crippen LogP contribution in [0.3, 0.4) is 0 Å². The standard InChI is InChI=1S/C42H37ClF3N5O7/c1-21-10-12-23(13-11-21)48-50-38(54)28-20-27-25(14-15-26-33(27)39(55)51(37(26)53)49(2)36-29(43)16-17-32(47-36)42(44,45)46)35(34-30(57-3)18-24(52)19-31(34)58-4)41(28,40(50)56)22-8-6-5-7-9-22/h5-14,16-19,26-28,33,35,48,52H,15,20H2,1-4H3. The number of pyridine rings is 1. The number of aryl methyl sites for hydroxylation is 1. The summed E-state index contributed by atoms with van der Waals surface area (Å²) in [6, 6.07) is 20.4. The van der Waals surface area contributed by atoms with Crippen LogP contribution in [0.5, 0.6) is 17.2 Å². The highest BCUT2D eigenvalue weighted by molar-refractivity contribution is 6.33. The number of hydrogen-bond acceptors (Lipinski definition) is 10. The van der Waals surface area contributed by atoms with E-state index in [4.69, 9.17) is 21.1 Å². The molecule has 2 aliphatic carbocycles. The number of halogens is 4. The number of allylic oxidation sites excluding steroid dienone is 2. The second-order valence-electron chi connectivity index (χ2n) is 14.9. The van der Waals surface area contributed by atoms with Gasteiger partial charge in [-0.2, -0.15) is 23.2 Å². The van der Waals surface area contributed by atoms with Crippen LogP contribution in [0.1, 0.15) is 41.1 Å². The number of phenols is 1. The number of anilines is 2.